The van der Waals surface area contributed by atoms with Crippen molar-refractivity contribution in [3.05, 3.63) is 58.7 Å². The van der Waals surface area contributed by atoms with Crippen LogP contribution in [0.3, 0.4) is 0 Å². The second-order valence-electron chi connectivity index (χ2n) is 7.95. The van der Waals surface area contributed by atoms with E-state index in [1.54, 1.807) is 43.5 Å². The maximum atomic E-state index is 11.8. The van der Waals surface area contributed by atoms with Crippen LogP contribution in [0.15, 0.2) is 48.0 Å². The molecule has 3 aromatic rings. The molecule has 2 heterocycles. The van der Waals surface area contributed by atoms with Gasteiger partial charge in [-0.1, -0.05) is 39.3 Å². The van der Waals surface area contributed by atoms with Crippen molar-refractivity contribution in [1.29, 1.82) is 0 Å². The van der Waals surface area contributed by atoms with E-state index in [0.717, 1.165) is 27.3 Å². The molecule has 0 bridgehead atoms. The summed E-state index contributed by atoms with van der Waals surface area (Å²) in [6, 6.07) is 11.4. The lowest BCUT2D eigenvalue weighted by molar-refractivity contribution is 0.130. The molecule has 5 nitrogen and oxygen atoms in total. The summed E-state index contributed by atoms with van der Waals surface area (Å²) in [6.45, 7) is 11.5. The number of carbonyl (C=O) groups is 1. The second kappa shape index (κ2) is 11.5. The van der Waals surface area contributed by atoms with Gasteiger partial charge in [-0.3, -0.25) is 10.3 Å². The van der Waals surface area contributed by atoms with E-state index in [2.05, 4.69) is 21.7 Å². The standard InChI is InChI=1S/C23H25ClN2O3S.C2H6/c1-14(2)29-22(28)26-17-5-6-18(19(24)11-17)20-9-16(12-30-20)15-7-8-25-21(10-15)23(3,4)13-27;1-2/h5-12,14,27H,13H2,1-4H3,(H,26,28);1-2H3. The molecular formula is C25H31ClN2O3S. The van der Waals surface area contributed by atoms with Gasteiger partial charge in [-0.05, 0) is 66.8 Å². The average molecular weight is 475 g/mol. The van der Waals surface area contributed by atoms with Crippen LogP contribution in [0.5, 0.6) is 0 Å². The van der Waals surface area contributed by atoms with Crippen molar-refractivity contribution in [3.63, 3.8) is 0 Å². The predicted molar refractivity (Wildman–Crippen MR) is 135 cm³/mol. The zero-order valence-corrected chi connectivity index (χ0v) is 21.0. The summed E-state index contributed by atoms with van der Waals surface area (Å²) in [4.78, 5) is 17.2. The quantitative estimate of drug-likeness (QED) is 0.390. The first kappa shape index (κ1) is 25.8. The highest BCUT2D eigenvalue weighted by Gasteiger charge is 2.21. The van der Waals surface area contributed by atoms with Gasteiger partial charge in [-0.25, -0.2) is 4.79 Å². The molecule has 2 N–H and O–H groups in total. The van der Waals surface area contributed by atoms with Gasteiger partial charge in [0.2, 0.25) is 0 Å². The van der Waals surface area contributed by atoms with Gasteiger partial charge in [0.15, 0.2) is 0 Å². The molecule has 7 heteroatoms. The van der Waals surface area contributed by atoms with Gasteiger partial charge in [0.05, 0.1) is 17.7 Å². The van der Waals surface area contributed by atoms with Crippen molar-refractivity contribution in [3.8, 4) is 21.6 Å². The van der Waals surface area contributed by atoms with Crippen LogP contribution in [-0.2, 0) is 10.2 Å². The number of benzene rings is 1. The van der Waals surface area contributed by atoms with Gasteiger partial charge in [-0.15, -0.1) is 11.3 Å². The first-order valence-electron chi connectivity index (χ1n) is 10.6. The van der Waals surface area contributed by atoms with Gasteiger partial charge in [0.1, 0.15) is 0 Å². The van der Waals surface area contributed by atoms with E-state index in [4.69, 9.17) is 16.3 Å². The second-order valence-corrected chi connectivity index (χ2v) is 9.26. The fourth-order valence-electron chi connectivity index (χ4n) is 2.84. The molecule has 3 rings (SSSR count). The molecular weight excluding hydrogens is 444 g/mol. The molecule has 172 valence electrons. The number of aliphatic hydroxyl groups excluding tert-OH is 1. The molecule has 0 aliphatic rings. The predicted octanol–water partition coefficient (Wildman–Crippen LogP) is 7.38. The Morgan fingerprint density at radius 1 is 1.19 bits per heavy atom. The van der Waals surface area contributed by atoms with Crippen LogP contribution in [0.4, 0.5) is 10.5 Å². The highest BCUT2D eigenvalue weighted by atomic mass is 35.5. The van der Waals surface area contributed by atoms with Crippen molar-refractivity contribution in [2.24, 2.45) is 0 Å². The Labute approximate surface area is 199 Å². The van der Waals surface area contributed by atoms with Crippen molar-refractivity contribution in [2.45, 2.75) is 53.1 Å². The van der Waals surface area contributed by atoms with Crippen molar-refractivity contribution < 1.29 is 14.6 Å². The minimum absolute atomic E-state index is 0.0268. The van der Waals surface area contributed by atoms with Gasteiger partial charge in [0.25, 0.3) is 0 Å². The van der Waals surface area contributed by atoms with E-state index >= 15 is 0 Å². The monoisotopic (exact) mass is 474 g/mol. The lowest BCUT2D eigenvalue weighted by Crippen LogP contribution is -2.23. The molecule has 0 saturated carbocycles. The molecule has 0 saturated heterocycles. The largest absolute Gasteiger partial charge is 0.447 e. The zero-order valence-electron chi connectivity index (χ0n) is 19.4. The summed E-state index contributed by atoms with van der Waals surface area (Å²) in [5.74, 6) is 0. The summed E-state index contributed by atoms with van der Waals surface area (Å²) in [7, 11) is 0. The molecule has 0 fully saturated rings. The van der Waals surface area contributed by atoms with Crippen LogP contribution in [0, 0.1) is 0 Å². The zero-order chi connectivity index (χ0) is 23.9. The van der Waals surface area contributed by atoms with Crippen LogP contribution < -0.4 is 5.32 Å². The van der Waals surface area contributed by atoms with E-state index in [9.17, 15) is 9.90 Å². The third-order valence-corrected chi connectivity index (χ3v) is 5.88. The minimum atomic E-state index is -0.508. The highest BCUT2D eigenvalue weighted by Crippen LogP contribution is 2.38. The minimum Gasteiger partial charge on any atom is -0.447 e. The van der Waals surface area contributed by atoms with E-state index in [0.29, 0.717) is 10.7 Å². The molecule has 0 unspecified atom stereocenters. The number of aromatic nitrogens is 1. The summed E-state index contributed by atoms with van der Waals surface area (Å²) in [5.41, 5.74) is 4.01. The van der Waals surface area contributed by atoms with Gasteiger partial charge in [0, 0.05) is 33.4 Å². The number of anilines is 1. The lowest BCUT2D eigenvalue weighted by Gasteiger charge is -2.21. The number of thiophene rings is 1. The molecule has 0 aliphatic carbocycles. The van der Waals surface area contributed by atoms with Crippen LogP contribution in [0.25, 0.3) is 21.6 Å². The molecule has 1 amide bonds. The summed E-state index contributed by atoms with van der Waals surface area (Å²) < 4.78 is 5.09. The molecule has 1 aromatic carbocycles. The van der Waals surface area contributed by atoms with E-state index in [-0.39, 0.29) is 12.7 Å². The first-order chi connectivity index (χ1) is 15.2. The number of pyridine rings is 1. The molecule has 0 spiro atoms. The maximum Gasteiger partial charge on any atom is 0.411 e. The molecule has 2 aromatic heterocycles. The Hall–Kier alpha value is -2.41. The Kier molecular flexibility index (Phi) is 9.25. The number of ether oxygens (including phenoxy) is 1. The van der Waals surface area contributed by atoms with Crippen LogP contribution >= 0.6 is 22.9 Å². The molecule has 0 radical (unpaired) electrons. The molecule has 32 heavy (non-hydrogen) atoms. The molecule has 0 aliphatic heterocycles. The fourth-order valence-corrected chi connectivity index (χ4v) is 4.14. The van der Waals surface area contributed by atoms with Crippen LogP contribution in [0.2, 0.25) is 5.02 Å². The number of halogens is 1. The third-order valence-electron chi connectivity index (χ3n) is 4.61. The Morgan fingerprint density at radius 2 is 1.91 bits per heavy atom. The van der Waals surface area contributed by atoms with Crippen molar-refractivity contribution in [1.82, 2.24) is 4.98 Å². The normalized spacial score (nSPS) is 11.0. The third kappa shape index (κ3) is 6.55. The Morgan fingerprint density at radius 3 is 2.53 bits per heavy atom. The van der Waals surface area contributed by atoms with Crippen molar-refractivity contribution >= 4 is 34.7 Å². The summed E-state index contributed by atoms with van der Waals surface area (Å²) in [6.07, 6.45) is 1.07. The van der Waals surface area contributed by atoms with Gasteiger partial charge >= 0.3 is 6.09 Å². The fraction of sp³-hybridized carbons (Fsp3) is 0.360. The number of hydrogen-bond acceptors (Lipinski definition) is 5. The van der Waals surface area contributed by atoms with E-state index in [1.165, 1.54) is 0 Å². The first-order valence-corrected chi connectivity index (χ1v) is 11.9. The number of amides is 1. The number of aliphatic hydroxyl groups is 1. The van der Waals surface area contributed by atoms with Gasteiger partial charge < -0.3 is 9.84 Å². The van der Waals surface area contributed by atoms with Crippen LogP contribution in [0.1, 0.15) is 47.2 Å². The number of hydrogen-bond donors (Lipinski definition) is 2. The SMILES string of the molecule is CC.CC(C)OC(=O)Nc1ccc(-c2cc(-c3ccnc(C(C)(C)CO)c3)cs2)c(Cl)c1. The maximum absolute atomic E-state index is 11.8. The summed E-state index contributed by atoms with van der Waals surface area (Å²) in [5, 5.41) is 14.9. The Balaban J connectivity index is 0.00000176. The van der Waals surface area contributed by atoms with Gasteiger partial charge in [-0.2, -0.15) is 0 Å². The number of rotatable bonds is 6. The van der Waals surface area contributed by atoms with Crippen LogP contribution in [-0.4, -0.2) is 28.9 Å². The number of carbonyl (C=O) groups excluding carboxylic acids is 1. The van der Waals surface area contributed by atoms with E-state index in [1.807, 2.05) is 45.9 Å². The smallest absolute Gasteiger partial charge is 0.411 e. The van der Waals surface area contributed by atoms with Crippen molar-refractivity contribution in [2.75, 3.05) is 11.9 Å². The topological polar surface area (TPSA) is 71.5 Å². The highest BCUT2D eigenvalue weighted by molar-refractivity contribution is 7.14. The average Bonchev–Trinajstić information content (AvgIpc) is 3.25. The lowest BCUT2D eigenvalue weighted by atomic mass is 9.88. The number of nitrogens with one attached hydrogen (secondary N) is 1. The van der Waals surface area contributed by atoms with E-state index < -0.39 is 11.5 Å². The number of nitrogens with zero attached hydrogens (tertiary/aromatic N) is 1. The Bertz CT molecular complexity index is 1050. The summed E-state index contributed by atoms with van der Waals surface area (Å²) >= 11 is 8.08. The molecule has 0 atom stereocenters.